The van der Waals surface area contributed by atoms with Crippen molar-refractivity contribution in [2.75, 3.05) is 0 Å². The molecule has 0 atom stereocenters. The predicted octanol–water partition coefficient (Wildman–Crippen LogP) is 3.27. The van der Waals surface area contributed by atoms with Crippen LogP contribution in [0.3, 0.4) is 0 Å². The van der Waals surface area contributed by atoms with Crippen LogP contribution >= 0.6 is 0 Å². The summed E-state index contributed by atoms with van der Waals surface area (Å²) in [6.45, 7) is 1.71. The van der Waals surface area contributed by atoms with E-state index in [-0.39, 0.29) is 17.0 Å². The fourth-order valence-corrected chi connectivity index (χ4v) is 1.73. The molecule has 0 radical (unpaired) electrons. The summed E-state index contributed by atoms with van der Waals surface area (Å²) in [6.07, 6.45) is 0. The van der Waals surface area contributed by atoms with Crippen LogP contribution in [0.4, 0.5) is 10.1 Å². The van der Waals surface area contributed by atoms with Gasteiger partial charge in [-0.15, -0.1) is 0 Å². The highest BCUT2D eigenvalue weighted by molar-refractivity contribution is 6.09. The van der Waals surface area contributed by atoms with Crippen LogP contribution < -0.4 is 0 Å². The Bertz CT molecular complexity index is 650. The lowest BCUT2D eigenvalue weighted by Crippen LogP contribution is -2.04. The number of ketones is 1. The quantitative estimate of drug-likeness (QED) is 0.483. The van der Waals surface area contributed by atoms with Crippen molar-refractivity contribution < 1.29 is 14.1 Å². The van der Waals surface area contributed by atoms with E-state index in [9.17, 15) is 19.3 Å². The zero-order valence-corrected chi connectivity index (χ0v) is 10.1. The lowest BCUT2D eigenvalue weighted by Gasteiger charge is -2.05. The molecule has 0 aliphatic carbocycles. The van der Waals surface area contributed by atoms with Gasteiger partial charge in [0.15, 0.2) is 5.78 Å². The van der Waals surface area contributed by atoms with E-state index in [1.54, 1.807) is 6.92 Å². The van der Waals surface area contributed by atoms with Gasteiger partial charge < -0.3 is 0 Å². The van der Waals surface area contributed by atoms with E-state index in [0.29, 0.717) is 11.1 Å². The molecule has 96 valence electrons. The molecule has 0 aromatic heterocycles. The van der Waals surface area contributed by atoms with E-state index in [4.69, 9.17) is 0 Å². The Hall–Kier alpha value is -2.56. The van der Waals surface area contributed by atoms with E-state index in [1.165, 1.54) is 42.5 Å². The van der Waals surface area contributed by atoms with Gasteiger partial charge in [-0.2, -0.15) is 0 Å². The third-order valence-electron chi connectivity index (χ3n) is 2.78. The van der Waals surface area contributed by atoms with E-state index in [2.05, 4.69) is 0 Å². The van der Waals surface area contributed by atoms with Crippen molar-refractivity contribution in [2.24, 2.45) is 0 Å². The minimum Gasteiger partial charge on any atom is -0.289 e. The van der Waals surface area contributed by atoms with Crippen LogP contribution in [-0.2, 0) is 0 Å². The number of hydrogen-bond donors (Lipinski definition) is 0. The lowest BCUT2D eigenvalue weighted by atomic mass is 9.99. The number of aryl methyl sites for hydroxylation is 1. The van der Waals surface area contributed by atoms with Crippen LogP contribution in [0.5, 0.6) is 0 Å². The molecule has 0 heterocycles. The maximum absolute atomic E-state index is 13.2. The molecule has 2 aromatic rings. The second-order valence-electron chi connectivity index (χ2n) is 4.09. The summed E-state index contributed by atoms with van der Waals surface area (Å²) in [6, 6.07) is 9.20. The van der Waals surface area contributed by atoms with Gasteiger partial charge in [0.05, 0.1) is 4.92 Å². The number of nitrogens with zero attached hydrogens (tertiary/aromatic N) is 1. The first kappa shape index (κ1) is 12.9. The molecule has 0 unspecified atom stereocenters. The second-order valence-corrected chi connectivity index (χ2v) is 4.09. The van der Waals surface area contributed by atoms with Crippen LogP contribution in [0.25, 0.3) is 0 Å². The first-order valence-corrected chi connectivity index (χ1v) is 5.54. The van der Waals surface area contributed by atoms with Gasteiger partial charge in [0.25, 0.3) is 5.69 Å². The van der Waals surface area contributed by atoms with E-state index < -0.39 is 10.7 Å². The molecule has 0 aliphatic rings. The average molecular weight is 259 g/mol. The Balaban J connectivity index is 2.38. The minimum absolute atomic E-state index is 0.0903. The molecular formula is C14H10FNO3. The van der Waals surface area contributed by atoms with Crippen LogP contribution in [0.2, 0.25) is 0 Å². The van der Waals surface area contributed by atoms with Crippen LogP contribution in [0.15, 0.2) is 42.5 Å². The van der Waals surface area contributed by atoms with Gasteiger partial charge in [0.2, 0.25) is 0 Å². The maximum atomic E-state index is 13.2. The molecule has 5 heteroatoms. The Labute approximate surface area is 108 Å². The molecule has 0 N–H and O–H groups in total. The van der Waals surface area contributed by atoms with Crippen molar-refractivity contribution >= 4 is 11.5 Å². The number of hydrogen-bond acceptors (Lipinski definition) is 3. The van der Waals surface area contributed by atoms with Crippen molar-refractivity contribution in [1.29, 1.82) is 0 Å². The SMILES string of the molecule is Cc1ccc(F)cc1C(=O)c1ccc([N+](=O)[O-])cc1. The number of carbonyl (C=O) groups excluding carboxylic acids is 1. The number of halogens is 1. The highest BCUT2D eigenvalue weighted by Crippen LogP contribution is 2.18. The smallest absolute Gasteiger partial charge is 0.269 e. The Morgan fingerprint density at radius 2 is 1.79 bits per heavy atom. The van der Waals surface area contributed by atoms with E-state index >= 15 is 0 Å². The van der Waals surface area contributed by atoms with Crippen molar-refractivity contribution in [3.8, 4) is 0 Å². The monoisotopic (exact) mass is 259 g/mol. The van der Waals surface area contributed by atoms with Crippen LogP contribution in [0, 0.1) is 22.9 Å². The Morgan fingerprint density at radius 3 is 2.37 bits per heavy atom. The molecule has 0 spiro atoms. The van der Waals surface area contributed by atoms with Crippen LogP contribution in [0.1, 0.15) is 21.5 Å². The summed E-state index contributed by atoms with van der Waals surface area (Å²) in [5, 5.41) is 10.5. The normalized spacial score (nSPS) is 10.2. The number of carbonyl (C=O) groups is 1. The topological polar surface area (TPSA) is 60.2 Å². The second kappa shape index (κ2) is 4.97. The summed E-state index contributed by atoms with van der Waals surface area (Å²) in [4.78, 5) is 22.1. The molecule has 0 aliphatic heterocycles. The van der Waals surface area contributed by atoms with E-state index in [1.807, 2.05) is 0 Å². The van der Waals surface area contributed by atoms with Crippen LogP contribution in [-0.4, -0.2) is 10.7 Å². The van der Waals surface area contributed by atoms with Crippen molar-refractivity contribution in [1.82, 2.24) is 0 Å². The number of benzene rings is 2. The van der Waals surface area contributed by atoms with Gasteiger partial charge >= 0.3 is 0 Å². The third kappa shape index (κ3) is 2.65. The summed E-state index contributed by atoms with van der Waals surface area (Å²) >= 11 is 0. The third-order valence-corrected chi connectivity index (χ3v) is 2.78. The molecule has 0 bridgehead atoms. The van der Waals surface area contributed by atoms with Crippen molar-refractivity contribution in [2.45, 2.75) is 6.92 Å². The highest BCUT2D eigenvalue weighted by Gasteiger charge is 2.14. The zero-order valence-electron chi connectivity index (χ0n) is 10.1. The average Bonchev–Trinajstić information content (AvgIpc) is 2.41. The molecule has 19 heavy (non-hydrogen) atoms. The summed E-state index contributed by atoms with van der Waals surface area (Å²) in [5.74, 6) is -0.845. The van der Waals surface area contributed by atoms with Gasteiger partial charge in [-0.1, -0.05) is 6.07 Å². The standard InChI is InChI=1S/C14H10FNO3/c1-9-2-5-11(15)8-13(9)14(17)10-3-6-12(7-4-10)16(18)19/h2-8H,1H3. The minimum atomic E-state index is -0.540. The largest absolute Gasteiger partial charge is 0.289 e. The lowest BCUT2D eigenvalue weighted by molar-refractivity contribution is -0.384. The number of nitro groups is 1. The van der Waals surface area contributed by atoms with E-state index in [0.717, 1.165) is 0 Å². The summed E-state index contributed by atoms with van der Waals surface area (Å²) in [7, 11) is 0. The summed E-state index contributed by atoms with van der Waals surface area (Å²) in [5.41, 5.74) is 1.12. The molecule has 0 saturated heterocycles. The number of rotatable bonds is 3. The fraction of sp³-hybridized carbons (Fsp3) is 0.0714. The van der Waals surface area contributed by atoms with Crippen molar-refractivity contribution in [3.05, 3.63) is 75.1 Å². The van der Waals surface area contributed by atoms with Gasteiger partial charge in [-0.3, -0.25) is 14.9 Å². The van der Waals surface area contributed by atoms with Gasteiger partial charge in [0, 0.05) is 23.3 Å². The maximum Gasteiger partial charge on any atom is 0.269 e. The Morgan fingerprint density at radius 1 is 1.16 bits per heavy atom. The molecule has 0 saturated carbocycles. The first-order chi connectivity index (χ1) is 8.99. The summed E-state index contributed by atoms with van der Waals surface area (Å²) < 4.78 is 13.2. The molecule has 4 nitrogen and oxygen atoms in total. The molecule has 0 fully saturated rings. The van der Waals surface area contributed by atoms with Gasteiger partial charge in [-0.25, -0.2) is 4.39 Å². The highest BCUT2D eigenvalue weighted by atomic mass is 19.1. The van der Waals surface area contributed by atoms with Gasteiger partial charge in [-0.05, 0) is 36.8 Å². The fourth-order valence-electron chi connectivity index (χ4n) is 1.73. The van der Waals surface area contributed by atoms with Crippen molar-refractivity contribution in [3.63, 3.8) is 0 Å². The molecule has 0 amide bonds. The molecule has 2 aromatic carbocycles. The Kier molecular flexibility index (Phi) is 3.37. The number of nitro benzene ring substituents is 1. The first-order valence-electron chi connectivity index (χ1n) is 5.54. The molecular weight excluding hydrogens is 249 g/mol. The zero-order chi connectivity index (χ0) is 14.0. The van der Waals surface area contributed by atoms with Gasteiger partial charge in [0.1, 0.15) is 5.82 Å². The molecule has 2 rings (SSSR count). The predicted molar refractivity (Wildman–Crippen MR) is 67.7 cm³/mol. The number of non-ortho nitro benzene ring substituents is 1.